The lowest BCUT2D eigenvalue weighted by atomic mass is 10.2. The van der Waals surface area contributed by atoms with Gasteiger partial charge in [0.1, 0.15) is 11.6 Å². The number of allylic oxidation sites excluding steroid dienone is 1. The number of halogens is 1. The first kappa shape index (κ1) is 15.7. The van der Waals surface area contributed by atoms with Gasteiger partial charge in [0.05, 0.1) is 10.5 Å². The zero-order valence-electron chi connectivity index (χ0n) is 12.3. The first-order chi connectivity index (χ1) is 11.1. The zero-order valence-corrected chi connectivity index (χ0v) is 13.1. The number of rotatable bonds is 7. The van der Waals surface area contributed by atoms with E-state index in [0.717, 1.165) is 18.7 Å². The molecule has 0 radical (unpaired) electrons. The molecular weight excluding hydrogens is 319 g/mol. The highest BCUT2D eigenvalue weighted by Gasteiger charge is 2.30. The van der Waals surface area contributed by atoms with Crippen LogP contribution in [0.25, 0.3) is 0 Å². The molecule has 3 rings (SSSR count). The van der Waals surface area contributed by atoms with Crippen LogP contribution in [0.4, 0.5) is 10.1 Å². The molecule has 0 atom stereocenters. The Morgan fingerprint density at radius 3 is 2.91 bits per heavy atom. The minimum Gasteiger partial charge on any atom is -0.302 e. The molecule has 0 unspecified atom stereocenters. The molecule has 2 aromatic rings. The SMILES string of the molecule is C=CCn1c(SCc2c(F)cccc2[N+](=O)[O-])nnc1C1CC1. The van der Waals surface area contributed by atoms with E-state index in [-0.39, 0.29) is 17.0 Å². The molecule has 1 saturated carbocycles. The number of aromatic nitrogens is 3. The van der Waals surface area contributed by atoms with Crippen molar-refractivity contribution in [3.63, 3.8) is 0 Å². The zero-order chi connectivity index (χ0) is 16.4. The van der Waals surface area contributed by atoms with Gasteiger partial charge in [-0.05, 0) is 18.9 Å². The second-order valence-electron chi connectivity index (χ2n) is 5.30. The highest BCUT2D eigenvalue weighted by Crippen LogP contribution is 2.40. The van der Waals surface area contributed by atoms with Crippen LogP contribution >= 0.6 is 11.8 Å². The maximum Gasteiger partial charge on any atom is 0.276 e. The Bertz CT molecular complexity index is 758. The van der Waals surface area contributed by atoms with E-state index in [4.69, 9.17) is 0 Å². The quantitative estimate of drug-likeness (QED) is 0.334. The first-order valence-corrected chi connectivity index (χ1v) is 8.19. The van der Waals surface area contributed by atoms with Crippen molar-refractivity contribution < 1.29 is 9.31 Å². The molecule has 0 aliphatic heterocycles. The first-order valence-electron chi connectivity index (χ1n) is 7.20. The average molecular weight is 334 g/mol. The summed E-state index contributed by atoms with van der Waals surface area (Å²) in [6, 6.07) is 3.88. The number of nitrogens with zero attached hydrogens (tertiary/aromatic N) is 4. The van der Waals surface area contributed by atoms with Crippen LogP contribution in [0.5, 0.6) is 0 Å². The van der Waals surface area contributed by atoms with Crippen molar-refractivity contribution in [1.29, 1.82) is 0 Å². The van der Waals surface area contributed by atoms with Gasteiger partial charge in [-0.3, -0.25) is 10.1 Å². The van der Waals surface area contributed by atoms with Gasteiger partial charge >= 0.3 is 0 Å². The van der Waals surface area contributed by atoms with E-state index in [1.54, 1.807) is 6.08 Å². The lowest BCUT2D eigenvalue weighted by Crippen LogP contribution is -2.03. The number of thioether (sulfide) groups is 1. The summed E-state index contributed by atoms with van der Waals surface area (Å²) in [5.41, 5.74) is -0.140. The molecule has 120 valence electrons. The fourth-order valence-corrected chi connectivity index (χ4v) is 3.33. The van der Waals surface area contributed by atoms with Crippen molar-refractivity contribution >= 4 is 17.4 Å². The molecule has 23 heavy (non-hydrogen) atoms. The summed E-state index contributed by atoms with van der Waals surface area (Å²) in [6.45, 7) is 4.30. The third-order valence-corrected chi connectivity index (χ3v) is 4.63. The summed E-state index contributed by atoms with van der Waals surface area (Å²) in [6.07, 6.45) is 3.95. The number of benzene rings is 1. The van der Waals surface area contributed by atoms with Crippen LogP contribution in [-0.4, -0.2) is 19.7 Å². The van der Waals surface area contributed by atoms with E-state index < -0.39 is 10.7 Å². The predicted octanol–water partition coefficient (Wildman–Crippen LogP) is 3.68. The van der Waals surface area contributed by atoms with Gasteiger partial charge in [-0.15, -0.1) is 16.8 Å². The van der Waals surface area contributed by atoms with E-state index in [0.29, 0.717) is 17.6 Å². The Kier molecular flexibility index (Phi) is 4.42. The van der Waals surface area contributed by atoms with Gasteiger partial charge in [0.2, 0.25) is 0 Å². The van der Waals surface area contributed by atoms with Crippen LogP contribution in [0.2, 0.25) is 0 Å². The molecule has 1 aliphatic carbocycles. The summed E-state index contributed by atoms with van der Waals surface area (Å²) in [4.78, 5) is 10.5. The monoisotopic (exact) mass is 334 g/mol. The van der Waals surface area contributed by atoms with Gasteiger partial charge in [0.15, 0.2) is 5.16 Å². The number of hydrogen-bond donors (Lipinski definition) is 0. The molecule has 0 bridgehead atoms. The van der Waals surface area contributed by atoms with Crippen LogP contribution in [0.1, 0.15) is 30.1 Å². The van der Waals surface area contributed by atoms with E-state index in [1.165, 1.54) is 30.0 Å². The highest BCUT2D eigenvalue weighted by atomic mass is 32.2. The van der Waals surface area contributed by atoms with Crippen LogP contribution < -0.4 is 0 Å². The molecule has 6 nitrogen and oxygen atoms in total. The normalized spacial score (nSPS) is 14.0. The molecule has 0 N–H and O–H groups in total. The molecule has 1 aromatic heterocycles. The van der Waals surface area contributed by atoms with Crippen LogP contribution in [0.15, 0.2) is 36.0 Å². The second-order valence-corrected chi connectivity index (χ2v) is 6.24. The molecular formula is C15H15FN4O2S. The third kappa shape index (κ3) is 3.26. The molecule has 1 heterocycles. The van der Waals surface area contributed by atoms with Crippen molar-refractivity contribution in [3.8, 4) is 0 Å². The summed E-state index contributed by atoms with van der Waals surface area (Å²) in [5, 5.41) is 20.0. The molecule has 8 heteroatoms. The van der Waals surface area contributed by atoms with Crippen molar-refractivity contribution in [2.75, 3.05) is 0 Å². The number of hydrogen-bond acceptors (Lipinski definition) is 5. The smallest absolute Gasteiger partial charge is 0.276 e. The third-order valence-electron chi connectivity index (χ3n) is 3.64. The molecule has 1 fully saturated rings. The topological polar surface area (TPSA) is 73.8 Å². The summed E-state index contributed by atoms with van der Waals surface area (Å²) in [5.74, 6) is 0.891. The highest BCUT2D eigenvalue weighted by molar-refractivity contribution is 7.98. The summed E-state index contributed by atoms with van der Waals surface area (Å²) in [7, 11) is 0. The Morgan fingerprint density at radius 1 is 1.48 bits per heavy atom. The fourth-order valence-electron chi connectivity index (χ4n) is 2.35. The Labute approximate surface area is 136 Å². The molecule has 1 aromatic carbocycles. The molecule has 1 aliphatic rings. The van der Waals surface area contributed by atoms with Gasteiger partial charge < -0.3 is 4.57 Å². The van der Waals surface area contributed by atoms with Gasteiger partial charge in [-0.25, -0.2) is 4.39 Å². The number of nitro groups is 1. The standard InChI is InChI=1S/C15H15FN4O2S/c1-2-8-19-14(10-6-7-10)17-18-15(19)23-9-11-12(16)4-3-5-13(11)20(21)22/h2-5,10H,1,6-9H2. The fraction of sp³-hybridized carbons (Fsp3) is 0.333. The lowest BCUT2D eigenvalue weighted by molar-refractivity contribution is -0.385. The van der Waals surface area contributed by atoms with E-state index in [9.17, 15) is 14.5 Å². The summed E-state index contributed by atoms with van der Waals surface area (Å²) >= 11 is 1.25. The maximum absolute atomic E-state index is 13.9. The van der Waals surface area contributed by atoms with Crippen LogP contribution in [0.3, 0.4) is 0 Å². The minimum absolute atomic E-state index is 0.0728. The second kappa shape index (κ2) is 6.49. The van der Waals surface area contributed by atoms with Crippen molar-refractivity contribution in [2.45, 2.75) is 36.2 Å². The van der Waals surface area contributed by atoms with E-state index in [1.807, 2.05) is 4.57 Å². The average Bonchev–Trinajstić information content (AvgIpc) is 3.29. The largest absolute Gasteiger partial charge is 0.302 e. The predicted molar refractivity (Wildman–Crippen MR) is 84.8 cm³/mol. The summed E-state index contributed by atoms with van der Waals surface area (Å²) < 4.78 is 15.9. The minimum atomic E-state index is -0.580. The Balaban J connectivity index is 1.84. The van der Waals surface area contributed by atoms with Gasteiger partial charge in [-0.1, -0.05) is 23.9 Å². The van der Waals surface area contributed by atoms with Gasteiger partial charge in [-0.2, -0.15) is 0 Å². The Hall–Kier alpha value is -2.22. The van der Waals surface area contributed by atoms with E-state index in [2.05, 4.69) is 16.8 Å². The maximum atomic E-state index is 13.9. The van der Waals surface area contributed by atoms with Crippen LogP contribution in [-0.2, 0) is 12.3 Å². The van der Waals surface area contributed by atoms with Gasteiger partial charge in [0.25, 0.3) is 5.69 Å². The van der Waals surface area contributed by atoms with Gasteiger partial charge in [0, 0.05) is 24.3 Å². The molecule has 0 spiro atoms. The molecule has 0 saturated heterocycles. The van der Waals surface area contributed by atoms with Crippen molar-refractivity contribution in [1.82, 2.24) is 14.8 Å². The Morgan fingerprint density at radius 2 is 2.26 bits per heavy atom. The number of nitro benzene ring substituents is 1. The molecule has 0 amide bonds. The van der Waals surface area contributed by atoms with Crippen molar-refractivity contribution in [2.24, 2.45) is 0 Å². The van der Waals surface area contributed by atoms with Crippen molar-refractivity contribution in [3.05, 3.63) is 58.2 Å². The lowest BCUT2D eigenvalue weighted by Gasteiger charge is -2.07. The van der Waals surface area contributed by atoms with E-state index >= 15 is 0 Å². The van der Waals surface area contributed by atoms with Crippen LogP contribution in [0, 0.1) is 15.9 Å².